The lowest BCUT2D eigenvalue weighted by Gasteiger charge is -2.27. The molecule has 1 fully saturated rings. The topological polar surface area (TPSA) is 72.3 Å². The van der Waals surface area contributed by atoms with Crippen LogP contribution in [-0.2, 0) is 17.9 Å². The van der Waals surface area contributed by atoms with E-state index in [1.54, 1.807) is 13.3 Å². The lowest BCUT2D eigenvalue weighted by molar-refractivity contribution is -0.121. The van der Waals surface area contributed by atoms with E-state index in [0.29, 0.717) is 6.54 Å². The van der Waals surface area contributed by atoms with Crippen molar-refractivity contribution in [2.75, 3.05) is 36.6 Å². The Morgan fingerprint density at radius 2 is 2.03 bits per heavy atom. The smallest absolute Gasteiger partial charge is 0.240 e. The Labute approximate surface area is 180 Å². The van der Waals surface area contributed by atoms with Crippen LogP contribution in [0.25, 0.3) is 11.4 Å². The summed E-state index contributed by atoms with van der Waals surface area (Å²) in [7, 11) is 1.63. The molecule has 0 unspecified atom stereocenters. The fourth-order valence-electron chi connectivity index (χ4n) is 3.41. The van der Waals surface area contributed by atoms with E-state index < -0.39 is 0 Å². The molecule has 0 aliphatic carbocycles. The van der Waals surface area contributed by atoms with E-state index in [9.17, 15) is 4.79 Å². The summed E-state index contributed by atoms with van der Waals surface area (Å²) in [5.41, 5.74) is 1.95. The van der Waals surface area contributed by atoms with Crippen molar-refractivity contribution in [3.8, 4) is 17.1 Å². The molecule has 30 heavy (non-hydrogen) atoms. The van der Waals surface area contributed by atoms with E-state index in [-0.39, 0.29) is 12.5 Å². The second-order valence-electron chi connectivity index (χ2n) is 7.01. The van der Waals surface area contributed by atoms with Crippen molar-refractivity contribution >= 4 is 23.5 Å². The van der Waals surface area contributed by atoms with Gasteiger partial charge in [-0.2, -0.15) is 11.8 Å². The fourth-order valence-corrected chi connectivity index (χ4v) is 4.32. The number of pyridine rings is 1. The maximum atomic E-state index is 12.5. The number of aromatic nitrogens is 3. The molecule has 0 spiro atoms. The number of methoxy groups -OCH3 is 1. The highest BCUT2D eigenvalue weighted by atomic mass is 32.2. The van der Waals surface area contributed by atoms with Crippen LogP contribution < -0.4 is 15.0 Å². The van der Waals surface area contributed by atoms with Gasteiger partial charge in [0.05, 0.1) is 7.11 Å². The summed E-state index contributed by atoms with van der Waals surface area (Å²) < 4.78 is 7.10. The Kier molecular flexibility index (Phi) is 6.53. The van der Waals surface area contributed by atoms with Crippen LogP contribution in [0.1, 0.15) is 5.56 Å². The number of carbonyl (C=O) groups is 1. The van der Waals surface area contributed by atoms with Crippen molar-refractivity contribution in [2.45, 2.75) is 13.1 Å². The molecule has 7 nitrogen and oxygen atoms in total. The number of nitrogens with zero attached hydrogens (tertiary/aromatic N) is 4. The van der Waals surface area contributed by atoms with Crippen molar-refractivity contribution in [2.24, 2.45) is 0 Å². The van der Waals surface area contributed by atoms with Crippen LogP contribution in [0.4, 0.5) is 5.82 Å². The van der Waals surface area contributed by atoms with Crippen LogP contribution in [0.5, 0.6) is 5.75 Å². The Hall–Kier alpha value is -3.00. The zero-order valence-corrected chi connectivity index (χ0v) is 17.8. The molecule has 2 aromatic heterocycles. The van der Waals surface area contributed by atoms with Crippen LogP contribution in [0.2, 0.25) is 0 Å². The minimum atomic E-state index is -0.0700. The molecule has 1 amide bonds. The molecule has 1 aliphatic rings. The Morgan fingerprint density at radius 3 is 2.87 bits per heavy atom. The van der Waals surface area contributed by atoms with E-state index in [1.165, 1.54) is 0 Å². The van der Waals surface area contributed by atoms with E-state index in [1.807, 2.05) is 59.1 Å². The van der Waals surface area contributed by atoms with E-state index in [4.69, 9.17) is 4.74 Å². The summed E-state index contributed by atoms with van der Waals surface area (Å²) in [6.45, 7) is 2.66. The van der Waals surface area contributed by atoms with Gasteiger partial charge in [-0.15, -0.1) is 0 Å². The third-order valence-corrected chi connectivity index (χ3v) is 5.93. The molecule has 1 N–H and O–H groups in total. The van der Waals surface area contributed by atoms with Gasteiger partial charge in [0.1, 0.15) is 23.9 Å². The monoisotopic (exact) mass is 423 g/mol. The Balaban J connectivity index is 1.42. The van der Waals surface area contributed by atoms with Crippen LogP contribution >= 0.6 is 11.8 Å². The highest BCUT2D eigenvalue weighted by Gasteiger charge is 2.15. The van der Waals surface area contributed by atoms with E-state index in [0.717, 1.165) is 53.1 Å². The summed E-state index contributed by atoms with van der Waals surface area (Å²) in [6, 6.07) is 11.7. The van der Waals surface area contributed by atoms with Crippen LogP contribution in [-0.4, -0.2) is 52.1 Å². The quantitative estimate of drug-likeness (QED) is 0.630. The minimum absolute atomic E-state index is 0.0700. The molecule has 8 heteroatoms. The number of ether oxygens (including phenoxy) is 1. The van der Waals surface area contributed by atoms with Gasteiger partial charge in [0.2, 0.25) is 5.91 Å². The van der Waals surface area contributed by atoms with Crippen molar-refractivity contribution in [1.82, 2.24) is 19.9 Å². The number of hydrogen-bond acceptors (Lipinski definition) is 6. The van der Waals surface area contributed by atoms with Gasteiger partial charge in [-0.3, -0.25) is 4.79 Å². The first-order chi connectivity index (χ1) is 14.7. The summed E-state index contributed by atoms with van der Waals surface area (Å²) in [6.07, 6.45) is 5.37. The summed E-state index contributed by atoms with van der Waals surface area (Å²) >= 11 is 1.97. The van der Waals surface area contributed by atoms with Crippen LogP contribution in [0.3, 0.4) is 0 Å². The normalized spacial score (nSPS) is 13.8. The van der Waals surface area contributed by atoms with Gasteiger partial charge in [-0.05, 0) is 29.8 Å². The molecular weight excluding hydrogens is 398 g/mol. The number of carbonyl (C=O) groups excluding carboxylic acids is 1. The van der Waals surface area contributed by atoms with E-state index in [2.05, 4.69) is 26.3 Å². The number of amides is 1. The number of nitrogens with one attached hydrogen (secondary N) is 1. The third-order valence-electron chi connectivity index (χ3n) is 4.99. The molecule has 3 heterocycles. The van der Waals surface area contributed by atoms with Gasteiger partial charge in [0.25, 0.3) is 0 Å². The molecule has 156 valence electrons. The molecule has 0 atom stereocenters. The van der Waals surface area contributed by atoms with Crippen molar-refractivity contribution in [1.29, 1.82) is 0 Å². The number of imidazole rings is 1. The lowest BCUT2D eigenvalue weighted by Crippen LogP contribution is -2.33. The molecular formula is C22H25N5O2S. The lowest BCUT2D eigenvalue weighted by atomic mass is 10.2. The SMILES string of the molecule is COc1cccc(CNC(=O)Cn2ccnc2-c2ccnc(N3CCSCC3)c2)c1. The molecule has 4 rings (SSSR count). The average molecular weight is 424 g/mol. The number of thioether (sulfide) groups is 1. The second-order valence-corrected chi connectivity index (χ2v) is 8.23. The second kappa shape index (κ2) is 9.67. The molecule has 1 saturated heterocycles. The summed E-state index contributed by atoms with van der Waals surface area (Å²) in [4.78, 5) is 23.8. The molecule has 3 aromatic rings. The third kappa shape index (κ3) is 4.94. The van der Waals surface area contributed by atoms with Crippen molar-refractivity contribution in [3.63, 3.8) is 0 Å². The maximum absolute atomic E-state index is 12.5. The van der Waals surface area contributed by atoms with Gasteiger partial charge in [0, 0.05) is 55.3 Å². The molecule has 0 saturated carbocycles. The minimum Gasteiger partial charge on any atom is -0.497 e. The highest BCUT2D eigenvalue weighted by molar-refractivity contribution is 7.99. The first-order valence-corrected chi connectivity index (χ1v) is 11.1. The molecule has 1 aromatic carbocycles. The maximum Gasteiger partial charge on any atom is 0.240 e. The van der Waals surface area contributed by atoms with Crippen LogP contribution in [0, 0.1) is 0 Å². The van der Waals surface area contributed by atoms with Gasteiger partial charge < -0.3 is 19.5 Å². The van der Waals surface area contributed by atoms with Crippen molar-refractivity contribution < 1.29 is 9.53 Å². The Bertz CT molecular complexity index is 1000. The zero-order chi connectivity index (χ0) is 20.8. The van der Waals surface area contributed by atoms with Gasteiger partial charge in [-0.25, -0.2) is 9.97 Å². The first kappa shape index (κ1) is 20.3. The number of anilines is 1. The first-order valence-electron chi connectivity index (χ1n) is 9.93. The largest absolute Gasteiger partial charge is 0.497 e. The summed E-state index contributed by atoms with van der Waals surface area (Å²) in [5.74, 6) is 4.67. The molecule has 0 radical (unpaired) electrons. The van der Waals surface area contributed by atoms with Gasteiger partial charge in [-0.1, -0.05) is 12.1 Å². The number of benzene rings is 1. The highest BCUT2D eigenvalue weighted by Crippen LogP contribution is 2.23. The molecule has 1 aliphatic heterocycles. The predicted octanol–water partition coefficient (Wildman–Crippen LogP) is 2.82. The average Bonchev–Trinajstić information content (AvgIpc) is 3.26. The Morgan fingerprint density at radius 1 is 1.17 bits per heavy atom. The summed E-state index contributed by atoms with van der Waals surface area (Å²) in [5, 5.41) is 2.96. The van der Waals surface area contributed by atoms with Gasteiger partial charge in [0.15, 0.2) is 0 Å². The van der Waals surface area contributed by atoms with E-state index >= 15 is 0 Å². The van der Waals surface area contributed by atoms with Crippen LogP contribution in [0.15, 0.2) is 55.0 Å². The van der Waals surface area contributed by atoms with Gasteiger partial charge >= 0.3 is 0 Å². The fraction of sp³-hybridized carbons (Fsp3) is 0.318. The zero-order valence-electron chi connectivity index (χ0n) is 17.0. The number of hydrogen-bond donors (Lipinski definition) is 1. The standard InChI is InChI=1S/C22H25N5O2S/c1-29-19-4-2-3-17(13-19)15-25-21(28)16-27-8-7-24-22(27)18-5-6-23-20(14-18)26-9-11-30-12-10-26/h2-8,13-14H,9-12,15-16H2,1H3,(H,25,28). The van der Waals surface area contributed by atoms with Crippen molar-refractivity contribution in [3.05, 3.63) is 60.6 Å². The number of rotatable bonds is 7. The molecule has 0 bridgehead atoms. The predicted molar refractivity (Wildman–Crippen MR) is 120 cm³/mol.